The number of nitrogens with zero attached hydrogens (tertiary/aromatic N) is 2. The third-order valence-corrected chi connectivity index (χ3v) is 4.02. The molecule has 0 aliphatic carbocycles. The van der Waals surface area contributed by atoms with Gasteiger partial charge in [-0.1, -0.05) is 17.8 Å². The number of rotatable bonds is 9. The molecule has 29 heavy (non-hydrogen) atoms. The Morgan fingerprint density at radius 2 is 1.79 bits per heavy atom. The summed E-state index contributed by atoms with van der Waals surface area (Å²) in [5.74, 6) is 2.52. The minimum atomic E-state index is 0.316. The quantitative estimate of drug-likeness (QED) is 0.402. The topological polar surface area (TPSA) is 81.4 Å². The van der Waals surface area contributed by atoms with Crippen LogP contribution in [0.3, 0.4) is 0 Å². The Hall–Kier alpha value is -3.39. The highest BCUT2D eigenvalue weighted by molar-refractivity contribution is 7.80. The number of ether oxygens (including phenoxy) is 2. The summed E-state index contributed by atoms with van der Waals surface area (Å²) in [7, 11) is 0. The number of hydrogen-bond acceptors (Lipinski definition) is 6. The molecular weight excluding hydrogens is 388 g/mol. The summed E-state index contributed by atoms with van der Waals surface area (Å²) < 4.78 is 16.2. The van der Waals surface area contributed by atoms with E-state index in [0.29, 0.717) is 36.6 Å². The van der Waals surface area contributed by atoms with Crippen LogP contribution in [0.5, 0.6) is 11.5 Å². The van der Waals surface area contributed by atoms with Gasteiger partial charge in [0, 0.05) is 11.3 Å². The van der Waals surface area contributed by atoms with Crippen LogP contribution < -0.4 is 20.1 Å². The van der Waals surface area contributed by atoms with E-state index in [1.165, 1.54) is 0 Å². The average molecular weight is 410 g/mol. The lowest BCUT2D eigenvalue weighted by atomic mass is 10.2. The Morgan fingerprint density at radius 1 is 1.10 bits per heavy atom. The van der Waals surface area contributed by atoms with Crippen LogP contribution in [0.2, 0.25) is 0 Å². The van der Waals surface area contributed by atoms with E-state index in [4.69, 9.17) is 26.2 Å². The first-order valence-electron chi connectivity index (χ1n) is 9.12. The molecule has 0 saturated carbocycles. The molecule has 0 spiro atoms. The van der Waals surface area contributed by atoms with Crippen LogP contribution in [-0.2, 0) is 6.54 Å². The number of hydrogen-bond donors (Lipinski definition) is 2. The number of benzene rings is 2. The molecular formula is C21H22N4O3S. The van der Waals surface area contributed by atoms with Gasteiger partial charge in [0.15, 0.2) is 5.11 Å². The van der Waals surface area contributed by atoms with Crippen molar-refractivity contribution in [1.82, 2.24) is 15.5 Å². The highest BCUT2D eigenvalue weighted by Gasteiger charge is 2.09. The van der Waals surface area contributed by atoms with Crippen molar-refractivity contribution < 1.29 is 14.0 Å². The Bertz CT molecular complexity index is 939. The van der Waals surface area contributed by atoms with Crippen molar-refractivity contribution in [3.05, 3.63) is 67.1 Å². The predicted molar refractivity (Wildman–Crippen MR) is 116 cm³/mol. The fraction of sp³-hybridized carbons (Fsp3) is 0.190. The van der Waals surface area contributed by atoms with E-state index in [9.17, 15) is 0 Å². The summed E-state index contributed by atoms with van der Waals surface area (Å²) in [4.78, 5) is 4.38. The summed E-state index contributed by atoms with van der Waals surface area (Å²) >= 11 is 5.31. The van der Waals surface area contributed by atoms with Crippen LogP contribution in [0.1, 0.15) is 12.8 Å². The van der Waals surface area contributed by atoms with Gasteiger partial charge in [0.25, 0.3) is 0 Å². The highest BCUT2D eigenvalue weighted by Crippen LogP contribution is 2.20. The maximum Gasteiger partial charge on any atom is 0.246 e. The highest BCUT2D eigenvalue weighted by atomic mass is 32.1. The number of thiocarbonyl (C=S) groups is 1. The summed E-state index contributed by atoms with van der Waals surface area (Å²) in [5.41, 5.74) is 1.69. The van der Waals surface area contributed by atoms with E-state index in [2.05, 4.69) is 27.4 Å². The van der Waals surface area contributed by atoms with Gasteiger partial charge in [-0.3, -0.25) is 0 Å². The summed E-state index contributed by atoms with van der Waals surface area (Å²) in [6, 6.07) is 15.0. The summed E-state index contributed by atoms with van der Waals surface area (Å²) in [6.07, 6.45) is 1.70. The largest absolute Gasteiger partial charge is 0.494 e. The molecule has 2 N–H and O–H groups in total. The van der Waals surface area contributed by atoms with Crippen molar-refractivity contribution >= 4 is 23.0 Å². The van der Waals surface area contributed by atoms with Crippen molar-refractivity contribution in [1.29, 1.82) is 0 Å². The standard InChI is InChI=1S/C21H22N4O3S/c1-3-13-27-18-11-7-16(8-12-18)23-21(29)22-14-19-24-20(25-28-19)15-5-9-17(10-6-15)26-4-2/h3,5-12H,1,4,13-14H2,2H3,(H2,22,23,29). The Kier molecular flexibility index (Phi) is 7.18. The monoisotopic (exact) mass is 410 g/mol. The van der Waals surface area contributed by atoms with Crippen molar-refractivity contribution in [2.75, 3.05) is 18.5 Å². The van der Waals surface area contributed by atoms with E-state index in [0.717, 1.165) is 22.7 Å². The van der Waals surface area contributed by atoms with Gasteiger partial charge >= 0.3 is 0 Å². The van der Waals surface area contributed by atoms with Crippen LogP contribution >= 0.6 is 12.2 Å². The SMILES string of the molecule is C=CCOc1ccc(NC(=S)NCc2nc(-c3ccc(OCC)cc3)no2)cc1. The lowest BCUT2D eigenvalue weighted by Crippen LogP contribution is -2.27. The maximum atomic E-state index is 5.45. The van der Waals surface area contributed by atoms with Gasteiger partial charge in [0.05, 0.1) is 13.2 Å². The lowest BCUT2D eigenvalue weighted by molar-refractivity contribution is 0.340. The van der Waals surface area contributed by atoms with E-state index < -0.39 is 0 Å². The summed E-state index contributed by atoms with van der Waals surface area (Å²) in [5, 5.41) is 10.6. The zero-order chi connectivity index (χ0) is 20.5. The third kappa shape index (κ3) is 6.05. The second kappa shape index (κ2) is 10.2. The van der Waals surface area contributed by atoms with Crippen molar-refractivity contribution in [3.63, 3.8) is 0 Å². The molecule has 0 saturated heterocycles. The zero-order valence-electron chi connectivity index (χ0n) is 16.1. The zero-order valence-corrected chi connectivity index (χ0v) is 16.9. The molecule has 2 aromatic carbocycles. The fourth-order valence-electron chi connectivity index (χ4n) is 2.43. The normalized spacial score (nSPS) is 10.2. The molecule has 0 radical (unpaired) electrons. The van der Waals surface area contributed by atoms with Crippen molar-refractivity contribution in [3.8, 4) is 22.9 Å². The first-order valence-corrected chi connectivity index (χ1v) is 9.53. The van der Waals surface area contributed by atoms with Crippen LogP contribution in [0.4, 0.5) is 5.69 Å². The van der Waals surface area contributed by atoms with E-state index in [-0.39, 0.29) is 0 Å². The van der Waals surface area contributed by atoms with E-state index in [1.54, 1.807) is 6.08 Å². The van der Waals surface area contributed by atoms with Gasteiger partial charge in [-0.2, -0.15) is 4.98 Å². The molecule has 0 atom stereocenters. The number of nitrogens with one attached hydrogen (secondary N) is 2. The third-order valence-electron chi connectivity index (χ3n) is 3.77. The Balaban J connectivity index is 1.50. The number of aromatic nitrogens is 2. The molecule has 0 fully saturated rings. The first-order chi connectivity index (χ1) is 14.2. The summed E-state index contributed by atoms with van der Waals surface area (Å²) in [6.45, 7) is 6.97. The Labute approximate surface area is 174 Å². The van der Waals surface area contributed by atoms with Crippen LogP contribution in [0.25, 0.3) is 11.4 Å². The molecule has 0 amide bonds. The molecule has 150 valence electrons. The maximum absolute atomic E-state index is 5.45. The smallest absolute Gasteiger partial charge is 0.246 e. The molecule has 3 rings (SSSR count). The van der Waals surface area contributed by atoms with Gasteiger partial charge in [-0.25, -0.2) is 0 Å². The number of anilines is 1. The second-order valence-corrected chi connectivity index (χ2v) is 6.31. The minimum absolute atomic E-state index is 0.316. The lowest BCUT2D eigenvalue weighted by Gasteiger charge is -2.09. The predicted octanol–water partition coefficient (Wildman–Crippen LogP) is 4.19. The van der Waals surface area contributed by atoms with E-state index >= 15 is 0 Å². The van der Waals surface area contributed by atoms with Crippen molar-refractivity contribution in [2.45, 2.75) is 13.5 Å². The van der Waals surface area contributed by atoms with Crippen molar-refractivity contribution in [2.24, 2.45) is 0 Å². The van der Waals surface area contributed by atoms with Gasteiger partial charge in [-0.15, -0.1) is 0 Å². The van der Waals surface area contributed by atoms with Crippen LogP contribution in [0.15, 0.2) is 65.7 Å². The minimum Gasteiger partial charge on any atom is -0.494 e. The molecule has 3 aromatic rings. The van der Waals surface area contributed by atoms with Gasteiger partial charge in [0.2, 0.25) is 11.7 Å². The van der Waals surface area contributed by atoms with Crippen LogP contribution in [0, 0.1) is 0 Å². The molecule has 0 bridgehead atoms. The molecule has 1 heterocycles. The second-order valence-electron chi connectivity index (χ2n) is 5.90. The van der Waals surface area contributed by atoms with Crippen LogP contribution in [-0.4, -0.2) is 28.5 Å². The van der Waals surface area contributed by atoms with Gasteiger partial charge < -0.3 is 24.6 Å². The molecule has 8 heteroatoms. The molecule has 1 aromatic heterocycles. The van der Waals surface area contributed by atoms with Gasteiger partial charge in [-0.05, 0) is 67.7 Å². The molecule has 7 nitrogen and oxygen atoms in total. The van der Waals surface area contributed by atoms with Gasteiger partial charge in [0.1, 0.15) is 18.1 Å². The molecule has 0 unspecified atom stereocenters. The fourth-order valence-corrected chi connectivity index (χ4v) is 2.62. The first kappa shape index (κ1) is 20.3. The van der Waals surface area contributed by atoms with E-state index in [1.807, 2.05) is 55.5 Å². The molecule has 0 aliphatic rings. The Morgan fingerprint density at radius 3 is 2.48 bits per heavy atom. The average Bonchev–Trinajstić information content (AvgIpc) is 3.22. The molecule has 0 aliphatic heterocycles.